The lowest BCUT2D eigenvalue weighted by Gasteiger charge is -2.13. The number of nitrogens with one attached hydrogen (secondary N) is 1. The zero-order valence-electron chi connectivity index (χ0n) is 18.4. The fourth-order valence-corrected chi connectivity index (χ4v) is 3.68. The summed E-state index contributed by atoms with van der Waals surface area (Å²) in [6.07, 6.45) is -0.239. The molecule has 9 heteroatoms. The van der Waals surface area contributed by atoms with Crippen molar-refractivity contribution in [3.8, 4) is 0 Å². The van der Waals surface area contributed by atoms with E-state index in [0.717, 1.165) is 10.5 Å². The number of ether oxygens (including phenoxy) is 2. The summed E-state index contributed by atoms with van der Waals surface area (Å²) in [5, 5.41) is 0. The summed E-state index contributed by atoms with van der Waals surface area (Å²) in [7, 11) is 0. The van der Waals surface area contributed by atoms with Crippen molar-refractivity contribution in [2.75, 3.05) is 19.8 Å². The number of aromatic amines is 1. The SMILES string of the molecule is CCOC(=O)c1[nH]c(C)c(C(=O)COC(=O)CCN2C(=O)c3ccc(C)cc3C2=O)c1C. The Bertz CT molecular complexity index is 1130. The van der Waals surface area contributed by atoms with E-state index in [1.165, 1.54) is 0 Å². The van der Waals surface area contributed by atoms with Crippen LogP contribution < -0.4 is 0 Å². The van der Waals surface area contributed by atoms with E-state index in [4.69, 9.17) is 9.47 Å². The zero-order valence-corrected chi connectivity index (χ0v) is 18.4. The van der Waals surface area contributed by atoms with E-state index in [1.807, 2.05) is 6.92 Å². The van der Waals surface area contributed by atoms with Crippen LogP contribution in [-0.2, 0) is 14.3 Å². The molecule has 1 aliphatic heterocycles. The topological polar surface area (TPSA) is 123 Å². The number of benzene rings is 1. The van der Waals surface area contributed by atoms with Crippen LogP contribution in [0.4, 0.5) is 0 Å². The van der Waals surface area contributed by atoms with Crippen molar-refractivity contribution < 1.29 is 33.4 Å². The highest BCUT2D eigenvalue weighted by molar-refractivity contribution is 6.21. The summed E-state index contributed by atoms with van der Waals surface area (Å²) in [5.74, 6) is -2.68. The summed E-state index contributed by atoms with van der Waals surface area (Å²) >= 11 is 0. The van der Waals surface area contributed by atoms with E-state index in [-0.39, 0.29) is 30.8 Å². The number of ketones is 1. The lowest BCUT2D eigenvalue weighted by molar-refractivity contribution is -0.142. The maximum absolute atomic E-state index is 12.6. The molecule has 2 aromatic rings. The third-order valence-corrected chi connectivity index (χ3v) is 5.23. The number of aryl methyl sites for hydroxylation is 2. The number of Topliss-reactive ketones (excluding diaryl/α,β-unsaturated/α-hetero) is 1. The minimum absolute atomic E-state index is 0.145. The molecule has 0 fully saturated rings. The summed E-state index contributed by atoms with van der Waals surface area (Å²) in [4.78, 5) is 65.4. The summed E-state index contributed by atoms with van der Waals surface area (Å²) in [6.45, 7) is 6.26. The quantitative estimate of drug-likeness (QED) is 0.380. The van der Waals surface area contributed by atoms with Crippen molar-refractivity contribution >= 4 is 29.5 Å². The zero-order chi connectivity index (χ0) is 23.6. The number of esters is 2. The molecule has 32 heavy (non-hydrogen) atoms. The van der Waals surface area contributed by atoms with Crippen molar-refractivity contribution in [2.45, 2.75) is 34.1 Å². The molecule has 1 aromatic heterocycles. The van der Waals surface area contributed by atoms with Gasteiger partial charge in [0, 0.05) is 17.8 Å². The number of carbonyl (C=O) groups excluding carboxylic acids is 5. The molecule has 3 rings (SSSR count). The van der Waals surface area contributed by atoms with E-state index in [1.54, 1.807) is 39.0 Å². The molecule has 2 amide bonds. The first kappa shape index (κ1) is 22.9. The second-order valence-electron chi connectivity index (χ2n) is 7.49. The van der Waals surface area contributed by atoms with Gasteiger partial charge in [0.25, 0.3) is 11.8 Å². The van der Waals surface area contributed by atoms with Gasteiger partial charge in [0.2, 0.25) is 5.78 Å². The number of rotatable bonds is 8. The number of nitrogens with zero attached hydrogens (tertiary/aromatic N) is 1. The van der Waals surface area contributed by atoms with Gasteiger partial charge in [-0.3, -0.25) is 24.1 Å². The van der Waals surface area contributed by atoms with Gasteiger partial charge >= 0.3 is 11.9 Å². The van der Waals surface area contributed by atoms with Gasteiger partial charge in [-0.1, -0.05) is 11.6 Å². The van der Waals surface area contributed by atoms with Gasteiger partial charge in [-0.15, -0.1) is 0 Å². The molecule has 0 saturated heterocycles. The lowest BCUT2D eigenvalue weighted by atomic mass is 10.1. The monoisotopic (exact) mass is 440 g/mol. The molecule has 0 unspecified atom stereocenters. The number of fused-ring (bicyclic) bond motifs is 1. The summed E-state index contributed by atoms with van der Waals surface area (Å²) < 4.78 is 10.0. The number of carbonyl (C=O) groups is 5. The van der Waals surface area contributed by atoms with Crippen LogP contribution in [0, 0.1) is 20.8 Å². The van der Waals surface area contributed by atoms with E-state index in [9.17, 15) is 24.0 Å². The Kier molecular flexibility index (Phi) is 6.57. The third kappa shape index (κ3) is 4.32. The first-order chi connectivity index (χ1) is 15.1. The van der Waals surface area contributed by atoms with Crippen LogP contribution in [0.2, 0.25) is 0 Å². The van der Waals surface area contributed by atoms with Crippen molar-refractivity contribution in [1.29, 1.82) is 0 Å². The maximum Gasteiger partial charge on any atom is 0.355 e. The second-order valence-corrected chi connectivity index (χ2v) is 7.49. The molecule has 1 aliphatic rings. The van der Waals surface area contributed by atoms with Gasteiger partial charge in [-0.05, 0) is 45.4 Å². The standard InChI is InChI=1S/C23H24N2O7/c1-5-31-23(30)20-13(3)19(14(4)24-20)17(26)11-32-18(27)8-9-25-21(28)15-7-6-12(2)10-16(15)22(25)29/h6-7,10,24H,5,8-9,11H2,1-4H3. The Morgan fingerprint density at radius 3 is 2.38 bits per heavy atom. The van der Waals surface area contributed by atoms with Gasteiger partial charge in [0.1, 0.15) is 5.69 Å². The number of H-pyrrole nitrogens is 1. The Morgan fingerprint density at radius 2 is 1.69 bits per heavy atom. The summed E-state index contributed by atoms with van der Waals surface area (Å²) in [5.41, 5.74) is 2.80. The predicted octanol–water partition coefficient (Wildman–Crippen LogP) is 2.53. The minimum atomic E-state index is -0.720. The van der Waals surface area contributed by atoms with E-state index in [2.05, 4.69) is 4.98 Å². The van der Waals surface area contributed by atoms with Crippen LogP contribution in [0.5, 0.6) is 0 Å². The average molecular weight is 440 g/mol. The normalized spacial score (nSPS) is 12.7. The van der Waals surface area contributed by atoms with Crippen molar-refractivity contribution in [1.82, 2.24) is 9.88 Å². The smallest absolute Gasteiger partial charge is 0.355 e. The summed E-state index contributed by atoms with van der Waals surface area (Å²) in [6, 6.07) is 4.97. The highest BCUT2D eigenvalue weighted by Crippen LogP contribution is 2.24. The third-order valence-electron chi connectivity index (χ3n) is 5.23. The molecule has 0 radical (unpaired) electrons. The van der Waals surface area contributed by atoms with Crippen LogP contribution in [-0.4, -0.2) is 59.2 Å². The predicted molar refractivity (Wildman–Crippen MR) is 113 cm³/mol. The van der Waals surface area contributed by atoms with Gasteiger partial charge in [-0.25, -0.2) is 4.79 Å². The molecule has 168 valence electrons. The van der Waals surface area contributed by atoms with Gasteiger partial charge in [0.05, 0.1) is 24.2 Å². The number of imide groups is 1. The highest BCUT2D eigenvalue weighted by Gasteiger charge is 2.35. The largest absolute Gasteiger partial charge is 0.461 e. The Balaban J connectivity index is 1.57. The molecular formula is C23H24N2O7. The average Bonchev–Trinajstić information content (AvgIpc) is 3.17. The van der Waals surface area contributed by atoms with E-state index < -0.39 is 36.1 Å². The molecule has 1 aromatic carbocycles. The first-order valence-electron chi connectivity index (χ1n) is 10.2. The number of aromatic nitrogens is 1. The van der Waals surface area contributed by atoms with E-state index in [0.29, 0.717) is 22.4 Å². The molecule has 0 aliphatic carbocycles. The van der Waals surface area contributed by atoms with Gasteiger partial charge in [-0.2, -0.15) is 0 Å². The Hall–Kier alpha value is -3.75. The van der Waals surface area contributed by atoms with Crippen LogP contribution in [0.25, 0.3) is 0 Å². The number of hydrogen-bond donors (Lipinski definition) is 1. The van der Waals surface area contributed by atoms with Gasteiger partial charge in [0.15, 0.2) is 6.61 Å². The molecule has 1 N–H and O–H groups in total. The fourth-order valence-electron chi connectivity index (χ4n) is 3.68. The van der Waals surface area contributed by atoms with Crippen LogP contribution in [0.15, 0.2) is 18.2 Å². The number of amides is 2. The van der Waals surface area contributed by atoms with Crippen LogP contribution in [0.1, 0.15) is 71.7 Å². The van der Waals surface area contributed by atoms with Crippen LogP contribution in [0.3, 0.4) is 0 Å². The van der Waals surface area contributed by atoms with Gasteiger partial charge < -0.3 is 14.5 Å². The highest BCUT2D eigenvalue weighted by atomic mass is 16.5. The fraction of sp³-hybridized carbons (Fsp3) is 0.348. The molecule has 2 heterocycles. The molecule has 0 bridgehead atoms. The van der Waals surface area contributed by atoms with Crippen LogP contribution >= 0.6 is 0 Å². The van der Waals surface area contributed by atoms with Crippen molar-refractivity contribution in [3.05, 3.63) is 57.4 Å². The molecule has 0 atom stereocenters. The lowest BCUT2D eigenvalue weighted by Crippen LogP contribution is -2.32. The molecular weight excluding hydrogens is 416 g/mol. The van der Waals surface area contributed by atoms with Crippen molar-refractivity contribution in [3.63, 3.8) is 0 Å². The Morgan fingerprint density at radius 1 is 1.00 bits per heavy atom. The molecule has 0 spiro atoms. The second kappa shape index (κ2) is 9.17. The molecule has 9 nitrogen and oxygen atoms in total. The number of hydrogen-bond acceptors (Lipinski definition) is 7. The first-order valence-corrected chi connectivity index (χ1v) is 10.2. The minimum Gasteiger partial charge on any atom is -0.461 e. The van der Waals surface area contributed by atoms with Crippen molar-refractivity contribution in [2.24, 2.45) is 0 Å². The molecule has 0 saturated carbocycles. The maximum atomic E-state index is 12.6. The Labute approximate surface area is 184 Å². The van der Waals surface area contributed by atoms with E-state index >= 15 is 0 Å².